The smallest absolute Gasteiger partial charge is 0.333 e. The quantitative estimate of drug-likeness (QED) is 0.125. The molecule has 3 aliphatic rings. The monoisotopic (exact) mass is 766 g/mol. The molecule has 2 aliphatic heterocycles. The van der Waals surface area contributed by atoms with E-state index in [-0.39, 0.29) is 23.1 Å². The highest BCUT2D eigenvalue weighted by molar-refractivity contribution is 6.93. The number of aromatic nitrogens is 1. The van der Waals surface area contributed by atoms with Gasteiger partial charge in [0.05, 0.1) is 11.0 Å². The van der Waals surface area contributed by atoms with Crippen LogP contribution in [0.15, 0.2) is 121 Å². The summed E-state index contributed by atoms with van der Waals surface area (Å²) in [5.41, 5.74) is 21.6. The van der Waals surface area contributed by atoms with Crippen LogP contribution in [0, 0.1) is 0 Å². The van der Waals surface area contributed by atoms with Gasteiger partial charge in [-0.1, -0.05) is 160 Å². The summed E-state index contributed by atoms with van der Waals surface area (Å²) in [6, 6.07) is 47.8. The summed E-state index contributed by atoms with van der Waals surface area (Å²) in [5.74, 6) is 0. The third-order valence-electron chi connectivity index (χ3n) is 14.3. The van der Waals surface area contributed by atoms with Gasteiger partial charge in [0, 0.05) is 38.8 Å². The predicted molar refractivity (Wildman–Crippen MR) is 256 cm³/mol. The summed E-state index contributed by atoms with van der Waals surface area (Å²) < 4.78 is 2.66. The fraction of sp³-hybridized carbons (Fsp3) is 0.286. The second-order valence-electron chi connectivity index (χ2n) is 20.4. The van der Waals surface area contributed by atoms with E-state index in [1.165, 1.54) is 130 Å². The number of benzene rings is 7. The van der Waals surface area contributed by atoms with E-state index in [2.05, 4.69) is 193 Å². The average molecular weight is 767 g/mol. The zero-order valence-electron chi connectivity index (χ0n) is 36.3. The van der Waals surface area contributed by atoms with Crippen LogP contribution in [0.1, 0.15) is 109 Å². The lowest BCUT2D eigenvalue weighted by atomic mass is 9.43. The zero-order valence-corrected chi connectivity index (χ0v) is 36.3. The number of aryl methyl sites for hydroxylation is 1. The Morgan fingerprint density at radius 1 is 0.610 bits per heavy atom. The molecule has 2 nitrogen and oxygen atoms in total. The maximum absolute atomic E-state index is 2.74. The van der Waals surface area contributed by atoms with Crippen molar-refractivity contribution in [3.8, 4) is 27.9 Å². The third kappa shape index (κ3) is 5.12. The topological polar surface area (TPSA) is 8.17 Å². The van der Waals surface area contributed by atoms with Gasteiger partial charge >= 0.3 is 6.85 Å². The van der Waals surface area contributed by atoms with Gasteiger partial charge in [-0.2, -0.15) is 0 Å². The summed E-state index contributed by atoms with van der Waals surface area (Å²) in [6.07, 6.45) is 4.86. The Balaban J connectivity index is 1.32. The minimum absolute atomic E-state index is 0.00777. The van der Waals surface area contributed by atoms with Gasteiger partial charge in [-0.3, -0.25) is 0 Å². The molecule has 11 rings (SSSR count). The number of unbranched alkanes of at least 4 members (excludes halogenated alkanes) is 2. The SMILES string of the molecule is CCCCCc1ccc(N2B3c4cc(C(C)(C)C)ccc4-n4c5ccc6ccccc6c5c5c(C(C)(C)C)cc(c3c54)-c3cc4c(cc32)-c2ccccc2C4(C)C)cc1. The molecule has 3 heteroatoms. The highest BCUT2D eigenvalue weighted by Gasteiger charge is 2.47. The first kappa shape index (κ1) is 36.5. The average Bonchev–Trinajstić information content (AvgIpc) is 3.68. The summed E-state index contributed by atoms with van der Waals surface area (Å²) in [6.45, 7) is 21.4. The number of hydrogen-bond donors (Lipinski definition) is 0. The second kappa shape index (κ2) is 12.5. The van der Waals surface area contributed by atoms with Crippen LogP contribution in [0.5, 0.6) is 0 Å². The minimum atomic E-state index is -0.112. The lowest BCUT2D eigenvalue weighted by Gasteiger charge is -2.43. The van der Waals surface area contributed by atoms with Gasteiger partial charge in [-0.05, 0) is 126 Å². The van der Waals surface area contributed by atoms with E-state index in [4.69, 9.17) is 0 Å². The van der Waals surface area contributed by atoms with Crippen LogP contribution in [0.3, 0.4) is 0 Å². The van der Waals surface area contributed by atoms with E-state index in [9.17, 15) is 0 Å². The molecule has 0 radical (unpaired) electrons. The molecule has 59 heavy (non-hydrogen) atoms. The maximum atomic E-state index is 2.74. The number of anilines is 2. The number of fused-ring (bicyclic) bond motifs is 13. The van der Waals surface area contributed by atoms with Crippen molar-refractivity contribution < 1.29 is 0 Å². The molecule has 0 spiro atoms. The van der Waals surface area contributed by atoms with E-state index in [1.54, 1.807) is 0 Å². The van der Waals surface area contributed by atoms with Gasteiger partial charge in [0.1, 0.15) is 0 Å². The molecule has 292 valence electrons. The Bertz CT molecular complexity index is 3050. The minimum Gasteiger partial charge on any atom is -0.376 e. The zero-order chi connectivity index (χ0) is 40.7. The first-order chi connectivity index (χ1) is 28.3. The number of hydrogen-bond acceptors (Lipinski definition) is 1. The molecule has 0 saturated heterocycles. The van der Waals surface area contributed by atoms with Crippen LogP contribution in [-0.4, -0.2) is 11.4 Å². The molecule has 0 amide bonds. The molecule has 0 N–H and O–H groups in total. The number of nitrogens with zero attached hydrogens (tertiary/aromatic N) is 2. The largest absolute Gasteiger partial charge is 0.376 e. The van der Waals surface area contributed by atoms with Crippen molar-refractivity contribution in [2.45, 2.75) is 104 Å². The molecule has 8 aromatic rings. The standard InChI is InChI=1S/C56H55BN2/c1-10-11-12-17-34-22-26-37(27-23-34)59-49-33-40-39-20-15-16-21-43(39)56(8,9)44(40)31-41(49)42-32-45(55(5,6)7)51-50-38-19-14-13-18-35(38)24-28-48(50)58-47-29-25-36(54(2,3)4)30-46(47)57(59)52(42)53(51)58/h13-16,18-33H,10-12,17H2,1-9H3. The fourth-order valence-electron chi connectivity index (χ4n) is 11.2. The van der Waals surface area contributed by atoms with E-state index in [0.717, 1.165) is 6.42 Å². The van der Waals surface area contributed by atoms with Crippen LogP contribution in [0.2, 0.25) is 0 Å². The van der Waals surface area contributed by atoms with E-state index < -0.39 is 0 Å². The molecule has 0 fully saturated rings. The van der Waals surface area contributed by atoms with Gasteiger partial charge < -0.3 is 9.38 Å². The molecule has 1 aromatic heterocycles. The van der Waals surface area contributed by atoms with Crippen molar-refractivity contribution in [1.82, 2.24) is 4.57 Å². The first-order valence-electron chi connectivity index (χ1n) is 22.1. The van der Waals surface area contributed by atoms with Gasteiger partial charge in [0.2, 0.25) is 0 Å². The molecular formula is C56H55BN2. The van der Waals surface area contributed by atoms with E-state index in [0.29, 0.717) is 0 Å². The molecule has 0 bridgehead atoms. The molecular weight excluding hydrogens is 711 g/mol. The Labute approximate surface area is 351 Å². The van der Waals surface area contributed by atoms with Crippen LogP contribution in [0.25, 0.3) is 60.5 Å². The molecule has 0 saturated carbocycles. The Morgan fingerprint density at radius 3 is 2.14 bits per heavy atom. The predicted octanol–water partition coefficient (Wildman–Crippen LogP) is 13.8. The summed E-state index contributed by atoms with van der Waals surface area (Å²) in [7, 11) is 0. The lowest BCUT2D eigenvalue weighted by molar-refractivity contribution is 0.590. The van der Waals surface area contributed by atoms with E-state index in [1.807, 2.05) is 0 Å². The van der Waals surface area contributed by atoms with Gasteiger partial charge in [0.25, 0.3) is 0 Å². The highest BCUT2D eigenvalue weighted by atomic mass is 15.1. The maximum Gasteiger partial charge on any atom is 0.333 e. The molecule has 0 unspecified atom stereocenters. The van der Waals surface area contributed by atoms with Crippen LogP contribution in [0.4, 0.5) is 11.4 Å². The molecule has 1 aliphatic carbocycles. The van der Waals surface area contributed by atoms with Crippen LogP contribution >= 0.6 is 0 Å². The van der Waals surface area contributed by atoms with Crippen molar-refractivity contribution in [3.63, 3.8) is 0 Å². The number of rotatable bonds is 5. The molecule has 0 atom stereocenters. The molecule has 7 aromatic carbocycles. The Kier molecular flexibility index (Phi) is 7.74. The van der Waals surface area contributed by atoms with Crippen LogP contribution in [-0.2, 0) is 22.7 Å². The third-order valence-corrected chi connectivity index (χ3v) is 14.3. The van der Waals surface area contributed by atoms with E-state index >= 15 is 0 Å². The van der Waals surface area contributed by atoms with Crippen LogP contribution < -0.4 is 15.7 Å². The second-order valence-corrected chi connectivity index (χ2v) is 20.4. The Morgan fingerprint density at radius 2 is 1.37 bits per heavy atom. The van der Waals surface area contributed by atoms with Crippen molar-refractivity contribution in [2.75, 3.05) is 4.81 Å². The Hall–Kier alpha value is -5.54. The van der Waals surface area contributed by atoms with Gasteiger partial charge in [0.15, 0.2) is 0 Å². The molecule has 3 heterocycles. The summed E-state index contributed by atoms with van der Waals surface area (Å²) in [5, 5.41) is 5.40. The highest BCUT2D eigenvalue weighted by Crippen LogP contribution is 2.55. The normalized spacial score (nSPS) is 14.9. The van der Waals surface area contributed by atoms with Crippen molar-refractivity contribution in [2.24, 2.45) is 0 Å². The lowest BCUT2D eigenvalue weighted by Crippen LogP contribution is -2.61. The van der Waals surface area contributed by atoms with Crippen molar-refractivity contribution >= 4 is 61.7 Å². The van der Waals surface area contributed by atoms with Crippen molar-refractivity contribution in [1.29, 1.82) is 0 Å². The first-order valence-corrected chi connectivity index (χ1v) is 22.1. The fourth-order valence-corrected chi connectivity index (χ4v) is 11.2. The van der Waals surface area contributed by atoms with Crippen molar-refractivity contribution in [3.05, 3.63) is 149 Å². The summed E-state index contributed by atoms with van der Waals surface area (Å²) in [4.78, 5) is 2.74. The van der Waals surface area contributed by atoms with Gasteiger partial charge in [-0.25, -0.2) is 0 Å². The van der Waals surface area contributed by atoms with Gasteiger partial charge in [-0.15, -0.1) is 0 Å². The summed E-state index contributed by atoms with van der Waals surface area (Å²) >= 11 is 0.